The van der Waals surface area contributed by atoms with E-state index in [0.29, 0.717) is 29.6 Å². The number of hydrogen-bond donors (Lipinski definition) is 1. The lowest BCUT2D eigenvalue weighted by Gasteiger charge is -2.35. The molecule has 16 heteroatoms. The van der Waals surface area contributed by atoms with Gasteiger partial charge in [0.15, 0.2) is 5.82 Å². The summed E-state index contributed by atoms with van der Waals surface area (Å²) in [5.41, 5.74) is 7.66. The third-order valence-corrected chi connectivity index (χ3v) is 14.3. The van der Waals surface area contributed by atoms with Crippen molar-refractivity contribution in [2.24, 2.45) is 4.99 Å². The van der Waals surface area contributed by atoms with Crippen LogP contribution in [0, 0.1) is 20.8 Å². The van der Waals surface area contributed by atoms with Gasteiger partial charge in [0.2, 0.25) is 11.8 Å². The van der Waals surface area contributed by atoms with Gasteiger partial charge in [0, 0.05) is 76.4 Å². The number of carbonyl (C=O) groups excluding carboxylic acids is 3. The van der Waals surface area contributed by atoms with Crippen LogP contribution in [-0.2, 0) is 38.7 Å². The molecule has 1 unspecified atom stereocenters. The minimum Gasteiger partial charge on any atom is -0.460 e. The van der Waals surface area contributed by atoms with Crippen LogP contribution in [0.15, 0.2) is 95.4 Å². The van der Waals surface area contributed by atoms with Crippen LogP contribution in [0.2, 0.25) is 5.02 Å². The lowest BCUT2D eigenvalue weighted by molar-refractivity contribution is -0.145. The van der Waals surface area contributed by atoms with E-state index in [1.165, 1.54) is 16.2 Å². The first-order chi connectivity index (χ1) is 31.1. The first kappa shape index (κ1) is 43.3. The number of amides is 2. The highest BCUT2D eigenvalue weighted by Gasteiger charge is 2.34. The third kappa shape index (κ3) is 9.43. The zero-order valence-corrected chi connectivity index (χ0v) is 38.3. The molecule has 0 saturated carbocycles. The molecule has 1 N–H and O–H groups in total. The van der Waals surface area contributed by atoms with Crippen LogP contribution in [-0.4, -0.2) is 96.9 Å². The fourth-order valence-electron chi connectivity index (χ4n) is 8.33. The van der Waals surface area contributed by atoms with E-state index in [1.54, 1.807) is 11.3 Å². The minimum absolute atomic E-state index is 0.0659. The Morgan fingerprint density at radius 1 is 0.906 bits per heavy atom. The summed E-state index contributed by atoms with van der Waals surface area (Å²) < 4.78 is 9.63. The Labute approximate surface area is 384 Å². The van der Waals surface area contributed by atoms with Gasteiger partial charge in [-0.05, 0) is 74.5 Å². The average molecular weight is 915 g/mol. The van der Waals surface area contributed by atoms with Crippen molar-refractivity contribution in [1.82, 2.24) is 39.4 Å². The molecule has 0 radical (unpaired) electrons. The number of halogens is 1. The molecule has 0 aliphatic carbocycles. The molecule has 3 aromatic carbocycles. The number of piperazine rings is 1. The SMILES string of the molecule is Cc1sc2c(c1C)C(c1ccc(Cl)cc1)=NC(CC(=O)N1CCN(CCCn3ccc4ccc(-c5nc(CC(=O)NCC(=O)OCc6ccccc6)cs5)cc43)CC1)c1nnc(C)n1-2. The van der Waals surface area contributed by atoms with Crippen LogP contribution in [0.3, 0.4) is 0 Å². The van der Waals surface area contributed by atoms with Crippen molar-refractivity contribution in [2.45, 2.75) is 59.2 Å². The maximum atomic E-state index is 14.0. The van der Waals surface area contributed by atoms with E-state index in [0.717, 1.165) is 92.9 Å². The van der Waals surface area contributed by atoms with Crippen molar-refractivity contribution in [2.75, 3.05) is 39.3 Å². The summed E-state index contributed by atoms with van der Waals surface area (Å²) >= 11 is 9.49. The van der Waals surface area contributed by atoms with Gasteiger partial charge >= 0.3 is 5.97 Å². The molecule has 2 aliphatic heterocycles. The molecular weight excluding hydrogens is 866 g/mol. The Morgan fingerprint density at radius 3 is 2.48 bits per heavy atom. The van der Waals surface area contributed by atoms with Gasteiger partial charge in [-0.2, -0.15) is 0 Å². The standard InChI is InChI=1S/C48H48ClN9O4S2/c1-30-31(2)64-48-44(30)45(35-12-14-37(49)15-13-35)52-39(46-54-53-32(3)58(46)48)26-42(60)57-22-20-55(21-23-57)17-7-18-56-19-16-34-10-11-36(24-40(34)56)47-51-38(29-63-47)25-41(59)50-27-43(61)62-28-33-8-5-4-6-9-33/h4-6,8-16,19,24,29,39H,7,17-18,20-23,25-28H2,1-3H3,(H,50,59). The number of fused-ring (bicyclic) bond motifs is 4. The normalized spacial score (nSPS) is 15.1. The van der Waals surface area contributed by atoms with Gasteiger partial charge in [0.1, 0.15) is 35.0 Å². The zero-order chi connectivity index (χ0) is 44.3. The molecule has 1 atom stereocenters. The van der Waals surface area contributed by atoms with Crippen LogP contribution in [0.25, 0.3) is 26.5 Å². The molecule has 9 rings (SSSR count). The number of rotatable bonds is 14. The smallest absolute Gasteiger partial charge is 0.325 e. The molecule has 1 fully saturated rings. The summed E-state index contributed by atoms with van der Waals surface area (Å²) in [5, 5.41) is 17.2. The van der Waals surface area contributed by atoms with E-state index in [4.69, 9.17) is 26.3 Å². The number of hydrogen-bond acceptors (Lipinski definition) is 11. The number of aliphatic imine (C=N–C) groups is 1. The number of nitrogens with one attached hydrogen (secondary N) is 1. The van der Waals surface area contributed by atoms with Gasteiger partial charge in [-0.1, -0.05) is 66.2 Å². The zero-order valence-electron chi connectivity index (χ0n) is 35.9. The first-order valence-electron chi connectivity index (χ1n) is 21.4. The first-order valence-corrected chi connectivity index (χ1v) is 23.5. The summed E-state index contributed by atoms with van der Waals surface area (Å²) in [6.45, 7) is 10.9. The average Bonchev–Trinajstić information content (AvgIpc) is 4.09. The Morgan fingerprint density at radius 2 is 1.69 bits per heavy atom. The van der Waals surface area contributed by atoms with E-state index < -0.39 is 12.0 Å². The van der Waals surface area contributed by atoms with Gasteiger partial charge in [-0.25, -0.2) is 4.98 Å². The number of esters is 1. The van der Waals surface area contributed by atoms with Crippen molar-refractivity contribution in [1.29, 1.82) is 0 Å². The third-order valence-electron chi connectivity index (χ3n) is 11.9. The predicted octanol–water partition coefficient (Wildman–Crippen LogP) is 7.90. The van der Waals surface area contributed by atoms with E-state index in [-0.39, 0.29) is 37.8 Å². The lowest BCUT2D eigenvalue weighted by Crippen LogP contribution is -2.49. The van der Waals surface area contributed by atoms with Gasteiger partial charge in [0.05, 0.1) is 24.2 Å². The van der Waals surface area contributed by atoms with Crippen molar-refractivity contribution in [3.8, 4) is 15.6 Å². The van der Waals surface area contributed by atoms with E-state index in [1.807, 2.05) is 71.8 Å². The van der Waals surface area contributed by atoms with Gasteiger partial charge in [-0.3, -0.25) is 28.8 Å². The maximum absolute atomic E-state index is 14.0. The summed E-state index contributed by atoms with van der Waals surface area (Å²) in [7, 11) is 0. The maximum Gasteiger partial charge on any atom is 0.325 e. The second kappa shape index (κ2) is 19.0. The van der Waals surface area contributed by atoms with Crippen LogP contribution >= 0.6 is 34.3 Å². The number of carbonyl (C=O) groups is 3. The fraction of sp³-hybridized carbons (Fsp3) is 0.312. The monoisotopic (exact) mass is 913 g/mol. The Kier molecular flexibility index (Phi) is 12.8. The van der Waals surface area contributed by atoms with Crippen molar-refractivity contribution >= 4 is 68.7 Å². The number of ether oxygens (including phenoxy) is 1. The summed E-state index contributed by atoms with van der Waals surface area (Å²) in [6, 6.07) is 25.1. The number of nitrogens with zero attached hydrogens (tertiary/aromatic N) is 8. The second-order valence-electron chi connectivity index (χ2n) is 16.2. The molecule has 64 heavy (non-hydrogen) atoms. The summed E-state index contributed by atoms with van der Waals surface area (Å²) in [4.78, 5) is 54.5. The number of aryl methyl sites for hydroxylation is 3. The van der Waals surface area contributed by atoms with Crippen LogP contribution in [0.4, 0.5) is 0 Å². The molecule has 328 valence electrons. The van der Waals surface area contributed by atoms with Gasteiger partial charge < -0.3 is 19.5 Å². The van der Waals surface area contributed by atoms with Crippen LogP contribution in [0.5, 0.6) is 0 Å². The predicted molar refractivity (Wildman–Crippen MR) is 252 cm³/mol. The molecule has 2 amide bonds. The van der Waals surface area contributed by atoms with Crippen molar-refractivity contribution in [3.05, 3.63) is 140 Å². The number of thiophene rings is 1. The van der Waals surface area contributed by atoms with Crippen molar-refractivity contribution < 1.29 is 19.1 Å². The summed E-state index contributed by atoms with van der Waals surface area (Å²) in [5.74, 6) is 0.748. The molecule has 4 aromatic heterocycles. The highest BCUT2D eigenvalue weighted by Crippen LogP contribution is 2.40. The molecule has 0 bridgehead atoms. The van der Waals surface area contributed by atoms with Gasteiger partial charge in [0.25, 0.3) is 0 Å². The molecule has 13 nitrogen and oxygen atoms in total. The highest BCUT2D eigenvalue weighted by molar-refractivity contribution is 7.15. The minimum atomic E-state index is -0.493. The second-order valence-corrected chi connectivity index (χ2v) is 18.7. The van der Waals surface area contributed by atoms with Crippen LogP contribution < -0.4 is 5.32 Å². The molecule has 7 aromatic rings. The molecule has 2 aliphatic rings. The number of thiazole rings is 1. The van der Waals surface area contributed by atoms with Crippen molar-refractivity contribution in [3.63, 3.8) is 0 Å². The Bertz CT molecular complexity index is 2860. The molecular formula is C48H48ClN9O4S2. The van der Waals surface area contributed by atoms with E-state index >= 15 is 0 Å². The molecule has 0 spiro atoms. The molecule has 6 heterocycles. The van der Waals surface area contributed by atoms with Crippen LogP contribution in [0.1, 0.15) is 63.4 Å². The summed E-state index contributed by atoms with van der Waals surface area (Å²) in [6.07, 6.45) is 3.37. The largest absolute Gasteiger partial charge is 0.460 e. The topological polar surface area (TPSA) is 140 Å². The quantitative estimate of drug-likeness (QED) is 0.109. The fourth-order valence-corrected chi connectivity index (χ4v) is 10.5. The van der Waals surface area contributed by atoms with Gasteiger partial charge in [-0.15, -0.1) is 32.9 Å². The van der Waals surface area contributed by atoms with E-state index in [2.05, 4.69) is 73.9 Å². The Balaban J connectivity index is 0.774. The Hall–Kier alpha value is -6.00. The number of aromatic nitrogens is 5. The lowest BCUT2D eigenvalue weighted by atomic mass is 9.99. The number of benzene rings is 3. The van der Waals surface area contributed by atoms with E-state index in [9.17, 15) is 14.4 Å². The highest BCUT2D eigenvalue weighted by atomic mass is 35.5. The molecule has 1 saturated heterocycles.